The molecule has 0 bridgehead atoms. The number of halogens is 3. The van der Waals surface area contributed by atoms with Crippen LogP contribution >= 0.6 is 0 Å². The van der Waals surface area contributed by atoms with E-state index in [1.807, 2.05) is 75.4 Å². The number of carbonyl (C=O) groups excluding carboxylic acids is 2. The van der Waals surface area contributed by atoms with Gasteiger partial charge < -0.3 is 10.2 Å². The zero-order valence-electron chi connectivity index (χ0n) is 21.9. The van der Waals surface area contributed by atoms with Gasteiger partial charge in [-0.05, 0) is 61.7 Å². The second-order valence-electron chi connectivity index (χ2n) is 9.22. The predicted octanol–water partition coefficient (Wildman–Crippen LogP) is 6.67. The summed E-state index contributed by atoms with van der Waals surface area (Å²) in [6.07, 6.45) is -3.94. The summed E-state index contributed by atoms with van der Waals surface area (Å²) in [5, 5.41) is 7.69. The number of alkyl halides is 3. The molecule has 0 saturated carbocycles. The maximum absolute atomic E-state index is 13.4. The summed E-state index contributed by atoms with van der Waals surface area (Å²) in [7, 11) is 0. The Morgan fingerprint density at radius 3 is 2.18 bits per heavy atom. The molecule has 4 aromatic rings. The molecule has 202 valence electrons. The molecule has 0 saturated heterocycles. The van der Waals surface area contributed by atoms with Crippen molar-refractivity contribution in [1.29, 1.82) is 0 Å². The second kappa shape index (κ2) is 11.6. The van der Waals surface area contributed by atoms with Crippen molar-refractivity contribution in [1.82, 2.24) is 14.7 Å². The van der Waals surface area contributed by atoms with E-state index in [2.05, 4.69) is 5.32 Å². The van der Waals surface area contributed by atoms with Crippen molar-refractivity contribution in [3.63, 3.8) is 0 Å². The van der Waals surface area contributed by atoms with Crippen LogP contribution in [0, 0.1) is 13.8 Å². The van der Waals surface area contributed by atoms with E-state index < -0.39 is 23.6 Å². The molecule has 0 aliphatic rings. The van der Waals surface area contributed by atoms with E-state index >= 15 is 0 Å². The molecule has 0 aliphatic carbocycles. The summed E-state index contributed by atoms with van der Waals surface area (Å²) >= 11 is 0. The highest BCUT2D eigenvalue weighted by molar-refractivity contribution is 6.01. The van der Waals surface area contributed by atoms with E-state index in [-0.39, 0.29) is 18.7 Å². The number of nitrogens with zero attached hydrogens (tertiary/aromatic N) is 3. The number of rotatable bonds is 8. The molecular weight excluding hydrogens is 505 g/mol. The number of para-hydroxylation sites is 1. The van der Waals surface area contributed by atoms with Gasteiger partial charge in [-0.25, -0.2) is 4.68 Å². The maximum atomic E-state index is 13.4. The molecule has 0 fully saturated rings. The molecule has 1 N–H and O–H groups in total. The number of amides is 2. The summed E-state index contributed by atoms with van der Waals surface area (Å²) in [4.78, 5) is 27.9. The summed E-state index contributed by atoms with van der Waals surface area (Å²) < 4.78 is 40.6. The quantitative estimate of drug-likeness (QED) is 0.275. The zero-order valence-corrected chi connectivity index (χ0v) is 21.9. The molecule has 6 nitrogen and oxygen atoms in total. The molecular formula is C30H29F3N4O2. The van der Waals surface area contributed by atoms with Gasteiger partial charge in [0.15, 0.2) is 0 Å². The first-order chi connectivity index (χ1) is 18.6. The van der Waals surface area contributed by atoms with E-state index in [1.54, 1.807) is 4.68 Å². The number of benzene rings is 3. The van der Waals surface area contributed by atoms with Crippen LogP contribution in [0.15, 0.2) is 78.9 Å². The zero-order chi connectivity index (χ0) is 28.2. The third kappa shape index (κ3) is 6.19. The van der Waals surface area contributed by atoms with Crippen molar-refractivity contribution in [3.8, 4) is 16.8 Å². The minimum absolute atomic E-state index is 0.0787. The Labute approximate surface area is 225 Å². The molecule has 0 spiro atoms. The molecule has 1 aromatic heterocycles. The van der Waals surface area contributed by atoms with Gasteiger partial charge in [-0.2, -0.15) is 18.3 Å². The lowest BCUT2D eigenvalue weighted by molar-refractivity contribution is -0.137. The Morgan fingerprint density at radius 1 is 0.923 bits per heavy atom. The number of hydrogen-bond acceptors (Lipinski definition) is 3. The number of aromatic nitrogens is 2. The summed E-state index contributed by atoms with van der Waals surface area (Å²) in [5.74, 6) is -0.500. The molecule has 3 aromatic carbocycles. The average Bonchev–Trinajstić information content (AvgIpc) is 3.23. The number of carbonyl (C=O) groups is 2. The fraction of sp³-hybridized carbons (Fsp3) is 0.233. The topological polar surface area (TPSA) is 67.2 Å². The highest BCUT2D eigenvalue weighted by Crippen LogP contribution is 2.34. The van der Waals surface area contributed by atoms with Crippen LogP contribution < -0.4 is 5.32 Å². The van der Waals surface area contributed by atoms with Crippen LogP contribution in [0.4, 0.5) is 19.0 Å². The normalized spacial score (nSPS) is 11.3. The van der Waals surface area contributed by atoms with Crippen molar-refractivity contribution in [2.75, 3.05) is 18.4 Å². The summed E-state index contributed by atoms with van der Waals surface area (Å²) in [6.45, 7) is 5.65. The Bertz CT molecular complexity index is 1460. The first kappa shape index (κ1) is 27.6. The largest absolute Gasteiger partial charge is 0.416 e. The molecule has 0 radical (unpaired) electrons. The van der Waals surface area contributed by atoms with E-state index in [4.69, 9.17) is 5.10 Å². The van der Waals surface area contributed by atoms with E-state index in [0.29, 0.717) is 17.9 Å². The third-order valence-electron chi connectivity index (χ3n) is 6.30. The van der Waals surface area contributed by atoms with E-state index in [1.165, 1.54) is 4.90 Å². The lowest BCUT2D eigenvalue weighted by atomic mass is 10.1. The number of nitrogens with one attached hydrogen (secondary N) is 1. The molecule has 9 heteroatoms. The van der Waals surface area contributed by atoms with Crippen molar-refractivity contribution in [3.05, 3.63) is 101 Å². The van der Waals surface area contributed by atoms with Gasteiger partial charge in [-0.3, -0.25) is 9.59 Å². The van der Waals surface area contributed by atoms with E-state index in [0.717, 1.165) is 46.6 Å². The van der Waals surface area contributed by atoms with Gasteiger partial charge >= 0.3 is 6.18 Å². The first-order valence-corrected chi connectivity index (χ1v) is 12.6. The lowest BCUT2D eigenvalue weighted by Crippen LogP contribution is -2.38. The minimum atomic E-state index is -4.50. The molecule has 2 amide bonds. The van der Waals surface area contributed by atoms with Crippen molar-refractivity contribution in [2.45, 2.75) is 33.4 Å². The van der Waals surface area contributed by atoms with Crippen LogP contribution in [0.5, 0.6) is 0 Å². The van der Waals surface area contributed by atoms with Crippen LogP contribution in [-0.2, 0) is 11.0 Å². The summed E-state index contributed by atoms with van der Waals surface area (Å²) in [6, 6.07) is 21.2. The Balaban J connectivity index is 1.65. The van der Waals surface area contributed by atoms with Crippen LogP contribution in [-0.4, -0.2) is 39.6 Å². The van der Waals surface area contributed by atoms with Gasteiger partial charge in [0.2, 0.25) is 5.91 Å². The third-order valence-corrected chi connectivity index (χ3v) is 6.30. The molecule has 0 aliphatic heterocycles. The smallest absolute Gasteiger partial charge is 0.329 e. The fourth-order valence-electron chi connectivity index (χ4n) is 4.42. The van der Waals surface area contributed by atoms with Gasteiger partial charge in [0.25, 0.3) is 5.91 Å². The molecule has 0 unspecified atom stereocenters. The predicted molar refractivity (Wildman–Crippen MR) is 145 cm³/mol. The average molecular weight is 535 g/mol. The van der Waals surface area contributed by atoms with Crippen molar-refractivity contribution < 1.29 is 22.8 Å². The highest BCUT2D eigenvalue weighted by atomic mass is 19.4. The Morgan fingerprint density at radius 2 is 1.56 bits per heavy atom. The number of hydrogen-bond donors (Lipinski definition) is 1. The first-order valence-electron chi connectivity index (χ1n) is 12.6. The maximum Gasteiger partial charge on any atom is 0.416 e. The van der Waals surface area contributed by atoms with Crippen LogP contribution in [0.3, 0.4) is 0 Å². The monoisotopic (exact) mass is 534 g/mol. The Hall–Kier alpha value is -4.40. The molecule has 1 heterocycles. The number of aryl methyl sites for hydroxylation is 2. The molecule has 0 atom stereocenters. The van der Waals surface area contributed by atoms with Gasteiger partial charge in [-0.15, -0.1) is 0 Å². The van der Waals surface area contributed by atoms with E-state index in [9.17, 15) is 22.8 Å². The minimum Gasteiger partial charge on any atom is -0.329 e. The van der Waals surface area contributed by atoms with Crippen LogP contribution in [0.25, 0.3) is 16.8 Å². The molecule has 39 heavy (non-hydrogen) atoms. The van der Waals surface area contributed by atoms with Gasteiger partial charge in [0.05, 0.1) is 16.9 Å². The number of anilines is 1. The van der Waals surface area contributed by atoms with Crippen LogP contribution in [0.2, 0.25) is 0 Å². The Kier molecular flexibility index (Phi) is 8.18. The van der Waals surface area contributed by atoms with Crippen molar-refractivity contribution >= 4 is 17.6 Å². The van der Waals surface area contributed by atoms with Crippen LogP contribution in [0.1, 0.15) is 40.5 Å². The van der Waals surface area contributed by atoms with Crippen molar-refractivity contribution in [2.24, 2.45) is 0 Å². The van der Waals surface area contributed by atoms with Gasteiger partial charge in [0.1, 0.15) is 12.4 Å². The fourth-order valence-corrected chi connectivity index (χ4v) is 4.42. The lowest BCUT2D eigenvalue weighted by Gasteiger charge is -2.22. The molecule has 4 rings (SSSR count). The highest BCUT2D eigenvalue weighted by Gasteiger charge is 2.30. The van der Waals surface area contributed by atoms with Gasteiger partial charge in [0, 0.05) is 17.7 Å². The standard InChI is InChI=1S/C30H29F3N4O2/c1-4-18-36(29(39)23-14-16-24(17-15-23)30(31,32)33)19-26(38)34-28-27(22-11-6-5-7-12-22)21(3)35-37(28)25-13-9-8-10-20(25)2/h5-17H,4,18-19H2,1-3H3,(H,34,38). The van der Waals surface area contributed by atoms with Gasteiger partial charge in [-0.1, -0.05) is 55.5 Å². The summed E-state index contributed by atoms with van der Waals surface area (Å²) in [5.41, 5.74) is 3.33. The SMILES string of the molecule is CCCN(CC(=O)Nc1c(-c2ccccc2)c(C)nn1-c1ccccc1C)C(=O)c1ccc(C(F)(F)F)cc1. The second-order valence-corrected chi connectivity index (χ2v) is 9.22.